The maximum absolute atomic E-state index is 12.0. The first kappa shape index (κ1) is 12.7. The molecule has 1 aromatic rings. The van der Waals surface area contributed by atoms with Crippen molar-refractivity contribution in [2.24, 2.45) is 5.92 Å². The Balaban J connectivity index is 2.52. The Kier molecular flexibility index (Phi) is 3.16. The van der Waals surface area contributed by atoms with E-state index in [4.69, 9.17) is 4.74 Å². The molecule has 3 heteroatoms. The fourth-order valence-corrected chi connectivity index (χ4v) is 2.38. The van der Waals surface area contributed by atoms with Crippen LogP contribution in [0.4, 0.5) is 0 Å². The number of esters is 1. The summed E-state index contributed by atoms with van der Waals surface area (Å²) in [6.45, 7) is 9.45. The number of fused-ring (bicyclic) bond motifs is 1. The van der Waals surface area contributed by atoms with Crippen LogP contribution in [0.1, 0.15) is 34.0 Å². The lowest BCUT2D eigenvalue weighted by Crippen LogP contribution is -2.32. The summed E-state index contributed by atoms with van der Waals surface area (Å²) >= 11 is 0. The second-order valence-corrected chi connectivity index (χ2v) is 4.96. The van der Waals surface area contributed by atoms with Gasteiger partial charge in [0.1, 0.15) is 17.4 Å². The van der Waals surface area contributed by atoms with Crippen LogP contribution in [-0.2, 0) is 11.2 Å². The Morgan fingerprint density at radius 1 is 1.50 bits per heavy atom. The maximum atomic E-state index is 12.0. The van der Waals surface area contributed by atoms with E-state index in [9.17, 15) is 9.90 Å². The van der Waals surface area contributed by atoms with Gasteiger partial charge in [-0.2, -0.15) is 0 Å². The highest BCUT2D eigenvalue weighted by Gasteiger charge is 2.32. The van der Waals surface area contributed by atoms with Gasteiger partial charge in [-0.3, -0.25) is 0 Å². The first-order chi connectivity index (χ1) is 8.45. The molecule has 2 atom stereocenters. The van der Waals surface area contributed by atoms with Crippen molar-refractivity contribution in [1.29, 1.82) is 0 Å². The van der Waals surface area contributed by atoms with Gasteiger partial charge in [0.25, 0.3) is 0 Å². The molecular weight excluding hydrogens is 228 g/mol. The molecule has 0 aromatic heterocycles. The summed E-state index contributed by atoms with van der Waals surface area (Å²) in [6, 6.07) is 1.91. The zero-order valence-corrected chi connectivity index (χ0v) is 11.0. The van der Waals surface area contributed by atoms with Crippen molar-refractivity contribution in [3.05, 3.63) is 41.0 Å². The van der Waals surface area contributed by atoms with Crippen molar-refractivity contribution in [1.82, 2.24) is 0 Å². The number of phenols is 1. The van der Waals surface area contributed by atoms with Crippen LogP contribution in [0.25, 0.3) is 0 Å². The lowest BCUT2D eigenvalue weighted by Gasteiger charge is -2.29. The minimum Gasteiger partial charge on any atom is -0.507 e. The van der Waals surface area contributed by atoms with Gasteiger partial charge in [-0.1, -0.05) is 19.1 Å². The van der Waals surface area contributed by atoms with Crippen molar-refractivity contribution in [3.63, 3.8) is 0 Å². The Morgan fingerprint density at radius 2 is 2.17 bits per heavy atom. The van der Waals surface area contributed by atoms with E-state index in [0.717, 1.165) is 11.1 Å². The van der Waals surface area contributed by atoms with E-state index in [1.54, 1.807) is 13.0 Å². The Hall–Kier alpha value is -1.77. The summed E-state index contributed by atoms with van der Waals surface area (Å²) in [6.07, 6.45) is 2.23. The second kappa shape index (κ2) is 4.48. The number of carbonyl (C=O) groups is 1. The highest BCUT2D eigenvalue weighted by Crippen LogP contribution is 2.35. The van der Waals surface area contributed by atoms with Gasteiger partial charge in [0, 0.05) is 12.3 Å². The number of carbonyl (C=O) groups excluding carboxylic acids is 1. The predicted molar refractivity (Wildman–Crippen MR) is 69.8 cm³/mol. The van der Waals surface area contributed by atoms with Crippen LogP contribution in [0.3, 0.4) is 0 Å². The van der Waals surface area contributed by atoms with Crippen molar-refractivity contribution in [2.45, 2.75) is 33.3 Å². The van der Waals surface area contributed by atoms with Crippen molar-refractivity contribution in [2.75, 3.05) is 0 Å². The van der Waals surface area contributed by atoms with Crippen LogP contribution in [0.5, 0.6) is 5.75 Å². The largest absolute Gasteiger partial charge is 0.507 e. The van der Waals surface area contributed by atoms with E-state index in [0.29, 0.717) is 17.5 Å². The molecule has 0 amide bonds. The van der Waals surface area contributed by atoms with E-state index < -0.39 is 5.97 Å². The number of benzene rings is 1. The fraction of sp³-hybridized carbons (Fsp3) is 0.400. The first-order valence-corrected chi connectivity index (χ1v) is 6.11. The monoisotopic (exact) mass is 246 g/mol. The van der Waals surface area contributed by atoms with Crippen LogP contribution in [0.15, 0.2) is 18.7 Å². The first-order valence-electron chi connectivity index (χ1n) is 6.11. The molecule has 18 heavy (non-hydrogen) atoms. The summed E-state index contributed by atoms with van der Waals surface area (Å²) in [4.78, 5) is 12.0. The standard InChI is InChI=1S/C15H18O3/c1-5-8(2)12-7-11-9(3)6-10(4)14(16)13(11)15(17)18-12/h5-6,8,12,16H,1,7H2,2-4H3. The Bertz CT molecular complexity index is 517. The van der Waals surface area contributed by atoms with Crippen LogP contribution >= 0.6 is 0 Å². The molecule has 0 aliphatic carbocycles. The van der Waals surface area contributed by atoms with E-state index >= 15 is 0 Å². The van der Waals surface area contributed by atoms with Gasteiger partial charge in [-0.05, 0) is 30.5 Å². The zero-order valence-electron chi connectivity index (χ0n) is 11.0. The van der Waals surface area contributed by atoms with Crippen LogP contribution in [-0.4, -0.2) is 17.2 Å². The fourth-order valence-electron chi connectivity index (χ4n) is 2.38. The SMILES string of the molecule is C=CC(C)C1Cc2c(C)cc(C)c(O)c2C(=O)O1. The van der Waals surface area contributed by atoms with Crippen molar-refractivity contribution < 1.29 is 14.6 Å². The molecule has 1 N–H and O–H groups in total. The molecule has 1 aliphatic heterocycles. The number of rotatable bonds is 2. The average molecular weight is 246 g/mol. The number of ether oxygens (including phenoxy) is 1. The highest BCUT2D eigenvalue weighted by molar-refractivity contribution is 5.96. The average Bonchev–Trinajstić information content (AvgIpc) is 2.34. The number of hydrogen-bond donors (Lipinski definition) is 1. The molecule has 0 fully saturated rings. The van der Waals surface area contributed by atoms with Gasteiger partial charge in [0.05, 0.1) is 0 Å². The molecule has 1 aliphatic rings. The van der Waals surface area contributed by atoms with Gasteiger partial charge >= 0.3 is 5.97 Å². The molecule has 0 saturated carbocycles. The number of phenolic OH excluding ortho intramolecular Hbond substituents is 1. The van der Waals surface area contributed by atoms with Crippen LogP contribution in [0, 0.1) is 19.8 Å². The quantitative estimate of drug-likeness (QED) is 0.644. The van der Waals surface area contributed by atoms with E-state index in [2.05, 4.69) is 6.58 Å². The summed E-state index contributed by atoms with van der Waals surface area (Å²) in [7, 11) is 0. The predicted octanol–water partition coefficient (Wildman–Crippen LogP) is 2.91. The van der Waals surface area contributed by atoms with Crippen LogP contribution < -0.4 is 0 Å². The topological polar surface area (TPSA) is 46.5 Å². The van der Waals surface area contributed by atoms with E-state index in [1.165, 1.54) is 0 Å². The van der Waals surface area contributed by atoms with Crippen molar-refractivity contribution >= 4 is 5.97 Å². The minimum absolute atomic E-state index is 0.0466. The maximum Gasteiger partial charge on any atom is 0.342 e. The molecular formula is C15H18O3. The van der Waals surface area contributed by atoms with Gasteiger partial charge in [-0.25, -0.2) is 4.79 Å². The number of aryl methyl sites for hydroxylation is 2. The molecule has 2 unspecified atom stereocenters. The molecule has 96 valence electrons. The van der Waals surface area contributed by atoms with Crippen LogP contribution in [0.2, 0.25) is 0 Å². The Labute approximate surface area is 107 Å². The summed E-state index contributed by atoms with van der Waals surface area (Å²) in [5, 5.41) is 10.00. The molecule has 0 saturated heterocycles. The smallest absolute Gasteiger partial charge is 0.342 e. The number of aromatic hydroxyl groups is 1. The molecule has 2 rings (SSSR count). The van der Waals surface area contributed by atoms with Crippen molar-refractivity contribution in [3.8, 4) is 5.75 Å². The third-order valence-electron chi connectivity index (χ3n) is 3.65. The third-order valence-corrected chi connectivity index (χ3v) is 3.65. The Morgan fingerprint density at radius 3 is 2.78 bits per heavy atom. The summed E-state index contributed by atoms with van der Waals surface area (Å²) < 4.78 is 5.39. The molecule has 1 heterocycles. The minimum atomic E-state index is -0.431. The number of hydrogen-bond acceptors (Lipinski definition) is 3. The molecule has 0 radical (unpaired) electrons. The second-order valence-electron chi connectivity index (χ2n) is 4.96. The summed E-state index contributed by atoms with van der Waals surface area (Å²) in [5.41, 5.74) is 2.96. The number of cyclic esters (lactones) is 1. The zero-order chi connectivity index (χ0) is 13.4. The highest BCUT2D eigenvalue weighted by atomic mass is 16.5. The normalized spacial score (nSPS) is 19.9. The summed E-state index contributed by atoms with van der Waals surface area (Å²) in [5.74, 6) is -0.283. The van der Waals surface area contributed by atoms with Gasteiger partial charge in [-0.15, -0.1) is 6.58 Å². The molecule has 3 nitrogen and oxygen atoms in total. The molecule has 0 bridgehead atoms. The third kappa shape index (κ3) is 1.90. The lowest BCUT2D eigenvalue weighted by atomic mass is 9.87. The lowest BCUT2D eigenvalue weighted by molar-refractivity contribution is 0.0164. The van der Waals surface area contributed by atoms with Gasteiger partial charge < -0.3 is 9.84 Å². The van der Waals surface area contributed by atoms with Gasteiger partial charge in [0.15, 0.2) is 0 Å². The van der Waals surface area contributed by atoms with E-state index in [1.807, 2.05) is 19.9 Å². The molecule has 0 spiro atoms. The van der Waals surface area contributed by atoms with Gasteiger partial charge in [0.2, 0.25) is 0 Å². The van der Waals surface area contributed by atoms with E-state index in [-0.39, 0.29) is 17.8 Å². The molecule has 1 aromatic carbocycles.